The molecule has 0 fully saturated rings. The second-order valence-corrected chi connectivity index (χ2v) is 27.8. The molecule has 0 aliphatic heterocycles. The molecule has 3 rings (SSSR count). The summed E-state index contributed by atoms with van der Waals surface area (Å²) in [7, 11) is -3.98. The van der Waals surface area contributed by atoms with Gasteiger partial charge in [-0.1, -0.05) is 292 Å². The molecule has 0 bridgehead atoms. The van der Waals surface area contributed by atoms with Gasteiger partial charge >= 0.3 is 0 Å². The van der Waals surface area contributed by atoms with Crippen molar-refractivity contribution in [2.75, 3.05) is 0 Å². The molecule has 0 amide bonds. The lowest BCUT2D eigenvalue weighted by atomic mass is 10.1. The van der Waals surface area contributed by atoms with Crippen molar-refractivity contribution >= 4 is 26.5 Å². The van der Waals surface area contributed by atoms with Crippen LogP contribution < -0.4 is 10.4 Å². The lowest BCUT2D eigenvalue weighted by molar-refractivity contribution is 0.667. The third-order valence-electron chi connectivity index (χ3n) is 13.6. The van der Waals surface area contributed by atoms with Gasteiger partial charge in [0.1, 0.15) is 0 Å². The van der Waals surface area contributed by atoms with E-state index in [1.54, 1.807) is 10.4 Å². The summed E-state index contributed by atoms with van der Waals surface area (Å²) in [5.41, 5.74) is 5.09. The molecule has 60 heavy (non-hydrogen) atoms. The molecule has 0 aliphatic carbocycles. The highest BCUT2D eigenvalue weighted by Crippen LogP contribution is 2.34. The zero-order chi connectivity index (χ0) is 43.0. The lowest BCUT2D eigenvalue weighted by Crippen LogP contribution is -2.53. The molecule has 3 aromatic rings. The van der Waals surface area contributed by atoms with E-state index in [1.807, 2.05) is 0 Å². The van der Waals surface area contributed by atoms with Gasteiger partial charge in [0.05, 0.1) is 16.1 Å². The summed E-state index contributed by atoms with van der Waals surface area (Å²) >= 11 is 0. The molecule has 0 atom stereocenters. The van der Waals surface area contributed by atoms with Crippen molar-refractivity contribution in [2.45, 2.75) is 232 Å². The van der Waals surface area contributed by atoms with Gasteiger partial charge in [-0.25, -0.2) is 0 Å². The molecule has 0 unspecified atom stereocenters. The molecule has 0 aliphatic rings. The molecular formula is C58H90Si2. The van der Waals surface area contributed by atoms with E-state index < -0.39 is 16.1 Å². The minimum atomic E-state index is -1.99. The molecule has 330 valence electrons. The molecule has 0 nitrogen and oxygen atoms in total. The molecule has 0 aromatic heterocycles. The summed E-state index contributed by atoms with van der Waals surface area (Å²) in [6.45, 7) is 14.2. The summed E-state index contributed by atoms with van der Waals surface area (Å²) in [5.74, 6) is 15.7. The number of hydrogen-bond acceptors (Lipinski definition) is 0. The molecule has 0 saturated carbocycles. The summed E-state index contributed by atoms with van der Waals surface area (Å²) in [4.78, 5) is 0. The van der Waals surface area contributed by atoms with Gasteiger partial charge < -0.3 is 0 Å². The van der Waals surface area contributed by atoms with E-state index in [-0.39, 0.29) is 0 Å². The SMILES string of the molecule is CCCCCC[Si](CCCCCC)(CCCCCC)c1cc(C#Cc2ccccc2)c([Si](CCCCCC)(CCCCCC)CCCCCC)cc1C#Cc1ccccc1. The Morgan fingerprint density at radius 1 is 0.300 bits per heavy atom. The summed E-state index contributed by atoms with van der Waals surface area (Å²) < 4.78 is 0. The van der Waals surface area contributed by atoms with Crippen LogP contribution in [0, 0.1) is 23.7 Å². The molecule has 3 aromatic carbocycles. The summed E-state index contributed by atoms with van der Waals surface area (Å²) in [6.07, 6.45) is 32.3. The van der Waals surface area contributed by atoms with Crippen molar-refractivity contribution in [3.05, 3.63) is 95.1 Å². The predicted octanol–water partition coefficient (Wildman–Crippen LogP) is 17.3. The quantitative estimate of drug-likeness (QED) is 0.0334. The lowest BCUT2D eigenvalue weighted by Gasteiger charge is -2.38. The van der Waals surface area contributed by atoms with E-state index in [4.69, 9.17) is 0 Å². The largest absolute Gasteiger partial charge is 0.0884 e. The van der Waals surface area contributed by atoms with Crippen LogP contribution in [0.1, 0.15) is 218 Å². The average molecular weight is 844 g/mol. The van der Waals surface area contributed by atoms with E-state index in [2.05, 4.69) is 138 Å². The van der Waals surface area contributed by atoms with Crippen molar-refractivity contribution in [3.8, 4) is 23.7 Å². The second kappa shape index (κ2) is 32.0. The molecule has 0 N–H and O–H groups in total. The van der Waals surface area contributed by atoms with Crippen LogP contribution in [0.4, 0.5) is 0 Å². The summed E-state index contributed by atoms with van der Waals surface area (Å²) in [5, 5.41) is 3.37. The average Bonchev–Trinajstić information content (AvgIpc) is 3.28. The van der Waals surface area contributed by atoms with Gasteiger partial charge in [-0.15, -0.1) is 0 Å². The zero-order valence-electron chi connectivity index (χ0n) is 40.1. The highest BCUT2D eigenvalue weighted by molar-refractivity contribution is 6.94. The highest BCUT2D eigenvalue weighted by atomic mass is 28.3. The third-order valence-corrected chi connectivity index (χ3v) is 24.6. The van der Waals surface area contributed by atoms with Gasteiger partial charge in [-0.2, -0.15) is 0 Å². The smallest absolute Gasteiger partial charge is 0.0654 e. The van der Waals surface area contributed by atoms with Crippen molar-refractivity contribution in [3.63, 3.8) is 0 Å². The van der Waals surface area contributed by atoms with Crippen LogP contribution >= 0.6 is 0 Å². The fourth-order valence-electron chi connectivity index (χ4n) is 9.91. The fourth-order valence-corrected chi connectivity index (χ4v) is 20.9. The van der Waals surface area contributed by atoms with E-state index in [0.717, 1.165) is 11.1 Å². The molecule has 0 radical (unpaired) electrons. The minimum Gasteiger partial charge on any atom is -0.0654 e. The Morgan fingerprint density at radius 3 is 0.783 bits per heavy atom. The molecule has 0 heterocycles. The van der Waals surface area contributed by atoms with Crippen LogP contribution in [-0.2, 0) is 0 Å². The van der Waals surface area contributed by atoms with Crippen molar-refractivity contribution in [2.24, 2.45) is 0 Å². The van der Waals surface area contributed by atoms with Crippen LogP contribution in [-0.4, -0.2) is 16.1 Å². The monoisotopic (exact) mass is 843 g/mol. The standard InChI is InChI=1S/C58H90Si2/c1-7-13-19-31-45-59(46-32-20-14-8-2,47-33-21-15-9-3)57-51-56(44-42-54-39-29-26-30-40-54)58(52-55(57)43-41-53-37-27-25-28-38-53)60(48-34-22-16-10-4,49-35-23-17-11-5)50-36-24-18-12-6/h25-30,37-40,51-52H,7-24,31-36,45-50H2,1-6H3. The topological polar surface area (TPSA) is 0 Å². The Balaban J connectivity index is 2.50. The van der Waals surface area contributed by atoms with Crippen LogP contribution in [0.3, 0.4) is 0 Å². The van der Waals surface area contributed by atoms with Crippen molar-refractivity contribution < 1.29 is 0 Å². The van der Waals surface area contributed by atoms with E-state index >= 15 is 0 Å². The van der Waals surface area contributed by atoms with Gasteiger partial charge in [-0.3, -0.25) is 0 Å². The highest BCUT2D eigenvalue weighted by Gasteiger charge is 2.40. The van der Waals surface area contributed by atoms with Crippen molar-refractivity contribution in [1.82, 2.24) is 0 Å². The number of unbranched alkanes of at least 4 members (excludes halogenated alkanes) is 18. The first-order valence-corrected chi connectivity index (χ1v) is 31.1. The third kappa shape index (κ3) is 18.7. The maximum absolute atomic E-state index is 4.04. The molecular weight excluding hydrogens is 753 g/mol. The normalized spacial score (nSPS) is 11.6. The maximum Gasteiger partial charge on any atom is 0.0884 e. The Bertz CT molecular complexity index is 1460. The van der Waals surface area contributed by atoms with Crippen molar-refractivity contribution in [1.29, 1.82) is 0 Å². The second-order valence-electron chi connectivity index (χ2n) is 18.6. The Hall–Kier alpha value is -2.79. The molecule has 2 heteroatoms. The van der Waals surface area contributed by atoms with Gasteiger partial charge in [-0.05, 0) is 46.8 Å². The van der Waals surface area contributed by atoms with Gasteiger partial charge in [0, 0.05) is 22.3 Å². The van der Waals surface area contributed by atoms with Gasteiger partial charge in [0.25, 0.3) is 0 Å². The Labute approximate surface area is 375 Å². The number of rotatable bonds is 32. The number of benzene rings is 3. The van der Waals surface area contributed by atoms with Gasteiger partial charge in [0.15, 0.2) is 0 Å². The molecule has 0 saturated heterocycles. The van der Waals surface area contributed by atoms with Crippen LogP contribution in [0.2, 0.25) is 36.3 Å². The zero-order valence-corrected chi connectivity index (χ0v) is 42.1. The first kappa shape index (κ1) is 51.6. The molecule has 0 spiro atoms. The van der Waals surface area contributed by atoms with E-state index in [0.29, 0.717) is 0 Å². The maximum atomic E-state index is 4.04. The van der Waals surface area contributed by atoms with E-state index in [1.165, 1.54) is 201 Å². The Morgan fingerprint density at radius 2 is 0.550 bits per heavy atom. The van der Waals surface area contributed by atoms with Crippen LogP contribution in [0.5, 0.6) is 0 Å². The Kier molecular flexibility index (Phi) is 27.5. The fraction of sp³-hybridized carbons (Fsp3) is 0.621. The van der Waals surface area contributed by atoms with Crippen LogP contribution in [0.15, 0.2) is 72.8 Å². The van der Waals surface area contributed by atoms with E-state index in [9.17, 15) is 0 Å². The number of hydrogen-bond donors (Lipinski definition) is 0. The first-order valence-electron chi connectivity index (χ1n) is 25.8. The minimum absolute atomic E-state index is 1.14. The van der Waals surface area contributed by atoms with Gasteiger partial charge in [0.2, 0.25) is 0 Å². The van der Waals surface area contributed by atoms with Crippen LogP contribution in [0.25, 0.3) is 0 Å². The predicted molar refractivity (Wildman–Crippen MR) is 276 cm³/mol. The summed E-state index contributed by atoms with van der Waals surface area (Å²) in [6, 6.07) is 35.8. The first-order chi connectivity index (χ1) is 29.5.